The molecule has 1 aliphatic rings. The zero-order valence-corrected chi connectivity index (χ0v) is 86.5. The van der Waals surface area contributed by atoms with E-state index in [0.29, 0.717) is 65.1 Å². The molecule has 0 saturated heterocycles. The van der Waals surface area contributed by atoms with Crippen LogP contribution in [-0.2, 0) is 74.7 Å². The summed E-state index contributed by atoms with van der Waals surface area (Å²) in [5.41, 5.74) is 26.0. The molecule has 21 rings (SSSR count). The van der Waals surface area contributed by atoms with Gasteiger partial charge in [0.05, 0.1) is 67.0 Å². The number of aromatic nitrogens is 25. The maximum absolute atomic E-state index is 12.5. The summed E-state index contributed by atoms with van der Waals surface area (Å²) in [5, 5.41) is 40.2. The van der Waals surface area contributed by atoms with Crippen LogP contribution in [0, 0.1) is 55.4 Å². The lowest BCUT2D eigenvalue weighted by atomic mass is 10.0. The highest BCUT2D eigenvalue weighted by Crippen LogP contribution is 2.44. The molecule has 10 aromatic carbocycles. The molecule has 0 N–H and O–H groups in total. The quantitative estimate of drug-likeness (QED) is 0.0461. The Morgan fingerprint density at radius 3 is 0.807 bits per heavy atom. The van der Waals surface area contributed by atoms with Crippen LogP contribution in [0.2, 0.25) is 10.0 Å². The largest absolute Gasteiger partial charge is 0.489 e. The molecule has 0 spiro atoms. The summed E-state index contributed by atoms with van der Waals surface area (Å²) >= 11 is 12.5. The van der Waals surface area contributed by atoms with Gasteiger partial charge < -0.3 is 23.7 Å². The number of hydrogen-bond acceptors (Lipinski definition) is 25. The van der Waals surface area contributed by atoms with Crippen LogP contribution in [0.4, 0.5) is 0 Å². The van der Waals surface area contributed by atoms with Crippen LogP contribution < -0.4 is 52.1 Å². The van der Waals surface area contributed by atoms with Crippen molar-refractivity contribution in [1.29, 1.82) is 0 Å². The molecule has 0 atom stereocenters. The number of benzene rings is 10. The molecule has 0 bridgehead atoms. The minimum Gasteiger partial charge on any atom is -0.489 e. The highest BCUT2D eigenvalue weighted by molar-refractivity contribution is 6.33. The van der Waals surface area contributed by atoms with Crippen LogP contribution in [0.25, 0.3) is 84.7 Å². The van der Waals surface area contributed by atoms with Crippen LogP contribution in [0.1, 0.15) is 109 Å². The summed E-state index contributed by atoms with van der Waals surface area (Å²) in [6.07, 6.45) is 11.9. The minimum absolute atomic E-state index is 0.273. The molecule has 10 aromatic heterocycles. The Bertz CT molecular complexity index is 8390. The Hall–Kier alpha value is -18.1. The standard InChI is InChI=1S/C24H23N5O2.C23H22ClN5O2.C22H20ClN5O2.2C22H21N5O2/c1-16-14-18(21-7-3-4-13-25-21)11-12-23(16)31-15-20-19(17-9-10-17)6-5-8-22(20)29-24(30)28(2)26-27-29;1-4-16-7-5-9-20(29-23(30)28(3)26-27-29)18(16)14-31-21-11-10-17(13-15(21)2)22-19(24)8-6-12-25-22;1-14-6-4-8-19(28-22(29)27(3)25-26-28)17(14)13-30-20-10-9-16(12-15(20)2)21-18(23)7-5-11-24-21;2*1-15-7-6-9-20(27-22(28)26(3)24-25-27)18(15)14-29-21-11-10-17(13-16(21)2)19-8-4-5-12-23-19/h3-8,11-14,17H,9-10,15H2,1-2H3;5-13H,4,14H2,1-3H3;4-12H,13H2,1-3H3;2*4-13H,14H2,1-3H3. The Kier molecular flexibility index (Phi) is 32.3. The minimum atomic E-state index is -0.311. The average molecular weight is 2050 g/mol. The van der Waals surface area contributed by atoms with Gasteiger partial charge in [-0.3, -0.25) is 24.9 Å². The number of rotatable bonds is 27. The fraction of sp³-hybridized carbons (Fsp3) is 0.204. The zero-order chi connectivity index (χ0) is 105. The van der Waals surface area contributed by atoms with E-state index >= 15 is 0 Å². The molecule has 35 nitrogen and oxygen atoms in total. The SMILES string of the molecule is CCc1cccc(-n2nnn(C)c2=O)c1COc1ccc(-c2ncccc2Cl)cc1C.Cc1cc(-c2ccccn2)ccc1OCc1c(C)cccc1-n1nnn(C)c1=O.Cc1cc(-c2ccccn2)ccc1OCc1c(C)cccc1-n1nnn(C)c1=O.Cc1cc(-c2ccccn2)ccc1OCc1c(C2CC2)cccc1-n1nnn(C)c1=O.Cc1cc(-c2ncccc2Cl)ccc1OCc1c(C)cccc1-n1nnn(C)c1=O. The number of halogens is 2. The molecular formula is C113H107Cl2N25O10. The van der Waals surface area contributed by atoms with Gasteiger partial charge >= 0.3 is 28.4 Å². The Morgan fingerprint density at radius 1 is 0.267 bits per heavy atom. The van der Waals surface area contributed by atoms with Crippen molar-refractivity contribution in [3.05, 3.63) is 438 Å². The fourth-order valence-electron chi connectivity index (χ4n) is 17.0. The smallest absolute Gasteiger partial charge is 0.368 e. The molecule has 1 aliphatic carbocycles. The molecule has 0 aliphatic heterocycles. The van der Waals surface area contributed by atoms with E-state index in [0.717, 1.165) is 188 Å². The molecule has 758 valence electrons. The summed E-state index contributed by atoms with van der Waals surface area (Å²) < 4.78 is 43.3. The van der Waals surface area contributed by atoms with Crippen molar-refractivity contribution in [3.63, 3.8) is 0 Å². The zero-order valence-electron chi connectivity index (χ0n) is 85.0. The van der Waals surface area contributed by atoms with Gasteiger partial charge in [-0.25, -0.2) is 24.0 Å². The predicted octanol–water partition coefficient (Wildman–Crippen LogP) is 18.2. The third-order valence-electron chi connectivity index (χ3n) is 25.4. The van der Waals surface area contributed by atoms with Gasteiger partial charge in [0.2, 0.25) is 0 Å². The summed E-state index contributed by atoms with van der Waals surface area (Å²) in [6.45, 7) is 19.6. The van der Waals surface area contributed by atoms with Gasteiger partial charge in [0, 0.05) is 122 Å². The molecule has 1 fully saturated rings. The number of pyridine rings is 5. The normalized spacial score (nSPS) is 11.4. The van der Waals surface area contributed by atoms with Gasteiger partial charge in [-0.15, -0.1) is 0 Å². The van der Waals surface area contributed by atoms with E-state index in [1.165, 1.54) is 52.4 Å². The lowest BCUT2D eigenvalue weighted by molar-refractivity contribution is 0.302. The fourth-order valence-corrected chi connectivity index (χ4v) is 17.4. The average Bonchev–Trinajstić information content (AvgIpc) is 1.61. The van der Waals surface area contributed by atoms with E-state index in [9.17, 15) is 24.0 Å². The van der Waals surface area contributed by atoms with Crippen molar-refractivity contribution >= 4 is 23.2 Å². The predicted molar refractivity (Wildman–Crippen MR) is 572 cm³/mol. The Labute approximate surface area is 872 Å². The van der Waals surface area contributed by atoms with Crippen molar-refractivity contribution in [2.24, 2.45) is 35.2 Å². The second-order valence-electron chi connectivity index (χ2n) is 35.7. The first kappa shape index (κ1) is 103. The molecule has 150 heavy (non-hydrogen) atoms. The molecule has 37 heteroatoms. The molecule has 20 aromatic rings. The van der Waals surface area contributed by atoms with Gasteiger partial charge in [0.15, 0.2) is 0 Å². The summed E-state index contributed by atoms with van der Waals surface area (Å²) in [7, 11) is 7.88. The van der Waals surface area contributed by atoms with Gasteiger partial charge in [-0.2, -0.15) is 46.8 Å². The van der Waals surface area contributed by atoms with E-state index in [1.807, 2.05) is 280 Å². The van der Waals surface area contributed by atoms with Crippen molar-refractivity contribution in [1.82, 2.24) is 124 Å². The molecule has 0 amide bonds. The van der Waals surface area contributed by atoms with Gasteiger partial charge in [0.1, 0.15) is 61.8 Å². The Morgan fingerprint density at radius 2 is 0.533 bits per heavy atom. The van der Waals surface area contributed by atoms with Crippen molar-refractivity contribution in [2.75, 3.05) is 0 Å². The first-order valence-electron chi connectivity index (χ1n) is 48.2. The first-order chi connectivity index (χ1) is 72.6. The highest BCUT2D eigenvalue weighted by Gasteiger charge is 2.30. The third-order valence-corrected chi connectivity index (χ3v) is 26.0. The van der Waals surface area contributed by atoms with E-state index in [2.05, 4.69) is 108 Å². The number of nitrogens with zero attached hydrogens (tertiary/aromatic N) is 25. The maximum Gasteiger partial charge on any atom is 0.368 e. The molecule has 0 unspecified atom stereocenters. The van der Waals surface area contributed by atoms with Crippen LogP contribution in [-0.4, -0.2) is 124 Å². The number of tetrazole rings is 5. The van der Waals surface area contributed by atoms with Crippen molar-refractivity contribution < 1.29 is 23.7 Å². The van der Waals surface area contributed by atoms with Crippen molar-refractivity contribution in [3.8, 4) is 113 Å². The second kappa shape index (κ2) is 46.9. The topological polar surface area (TPSA) is 374 Å². The maximum atomic E-state index is 12.5. The van der Waals surface area contributed by atoms with Gasteiger partial charge in [-0.05, 0) is 370 Å². The summed E-state index contributed by atoms with van der Waals surface area (Å²) in [4.78, 5) is 83.7. The number of aryl methyl sites for hydroxylation is 14. The first-order valence-corrected chi connectivity index (χ1v) is 49.0. The van der Waals surface area contributed by atoms with E-state index < -0.39 is 0 Å². The van der Waals surface area contributed by atoms with E-state index in [4.69, 9.17) is 46.9 Å². The van der Waals surface area contributed by atoms with E-state index in [-0.39, 0.29) is 35.1 Å². The van der Waals surface area contributed by atoms with Crippen LogP contribution in [0.3, 0.4) is 0 Å². The van der Waals surface area contributed by atoms with Crippen LogP contribution in [0.15, 0.2) is 316 Å². The van der Waals surface area contributed by atoms with Crippen LogP contribution in [0.5, 0.6) is 28.7 Å². The highest BCUT2D eigenvalue weighted by atomic mass is 35.5. The molecule has 10 heterocycles. The lowest BCUT2D eigenvalue weighted by Crippen LogP contribution is -2.23. The van der Waals surface area contributed by atoms with Gasteiger partial charge in [-0.1, -0.05) is 109 Å². The van der Waals surface area contributed by atoms with Crippen LogP contribution >= 0.6 is 23.2 Å². The monoisotopic (exact) mass is 2040 g/mol. The number of ether oxygens (including phenoxy) is 5. The molecular weight excluding hydrogens is 1940 g/mol. The van der Waals surface area contributed by atoms with Crippen molar-refractivity contribution in [2.45, 2.75) is 121 Å². The lowest BCUT2D eigenvalue weighted by Gasteiger charge is -2.16. The van der Waals surface area contributed by atoms with Gasteiger partial charge in [0.25, 0.3) is 0 Å². The Balaban J connectivity index is 0.000000128. The molecule has 0 radical (unpaired) electrons. The third kappa shape index (κ3) is 23.7. The van der Waals surface area contributed by atoms with E-state index in [1.54, 1.807) is 78.4 Å². The second-order valence-corrected chi connectivity index (χ2v) is 36.6. The molecule has 1 saturated carbocycles. The summed E-state index contributed by atoms with van der Waals surface area (Å²) in [6, 6.07) is 83.5. The number of hydrogen-bond donors (Lipinski definition) is 0. The summed E-state index contributed by atoms with van der Waals surface area (Å²) in [5.74, 6) is 4.38.